The van der Waals surface area contributed by atoms with Gasteiger partial charge in [-0.2, -0.15) is 0 Å². The van der Waals surface area contributed by atoms with E-state index in [9.17, 15) is 0 Å². The summed E-state index contributed by atoms with van der Waals surface area (Å²) < 4.78 is 2.14. The van der Waals surface area contributed by atoms with E-state index in [4.69, 9.17) is 5.73 Å². The topological polar surface area (TPSA) is 26.0 Å². The molecule has 1 nitrogen and oxygen atoms in total. The highest BCUT2D eigenvalue weighted by molar-refractivity contribution is 9.11. The molecule has 0 fully saturated rings. The van der Waals surface area contributed by atoms with Crippen molar-refractivity contribution in [2.24, 2.45) is 5.73 Å². The molecule has 3 heteroatoms. The second-order valence-corrected chi connectivity index (χ2v) is 6.22. The third-order valence-corrected chi connectivity index (χ3v) is 4.59. The van der Waals surface area contributed by atoms with Crippen molar-refractivity contribution in [2.75, 3.05) is 0 Å². The Morgan fingerprint density at radius 2 is 1.56 bits per heavy atom. The zero-order valence-corrected chi connectivity index (χ0v) is 13.5. The fraction of sp³-hybridized carbons (Fsp3) is 0.200. The average molecular weight is 369 g/mol. The van der Waals surface area contributed by atoms with Crippen LogP contribution in [0.25, 0.3) is 0 Å². The first kappa shape index (κ1) is 13.8. The predicted molar refractivity (Wildman–Crippen MR) is 83.8 cm³/mol. The Morgan fingerprint density at radius 3 is 2.17 bits per heavy atom. The van der Waals surface area contributed by atoms with Crippen molar-refractivity contribution < 1.29 is 0 Å². The van der Waals surface area contributed by atoms with Crippen molar-refractivity contribution in [1.82, 2.24) is 0 Å². The molecule has 94 valence electrons. The standard InChI is InChI=1S/C15H15Br2N/c1-9-3-5-11(6-4-9)15(18)12-8-13(16)10(2)7-14(12)17/h3-8,15H,18H2,1-2H3. The van der Waals surface area contributed by atoms with E-state index in [1.807, 2.05) is 0 Å². The summed E-state index contributed by atoms with van der Waals surface area (Å²) in [4.78, 5) is 0. The van der Waals surface area contributed by atoms with Gasteiger partial charge in [-0.1, -0.05) is 61.7 Å². The minimum Gasteiger partial charge on any atom is -0.320 e. The van der Waals surface area contributed by atoms with Gasteiger partial charge in [0.15, 0.2) is 0 Å². The van der Waals surface area contributed by atoms with E-state index in [0.717, 1.165) is 20.1 Å². The van der Waals surface area contributed by atoms with E-state index < -0.39 is 0 Å². The molecular weight excluding hydrogens is 354 g/mol. The number of hydrogen-bond donors (Lipinski definition) is 1. The summed E-state index contributed by atoms with van der Waals surface area (Å²) >= 11 is 7.15. The number of halogens is 2. The molecule has 0 saturated heterocycles. The minimum atomic E-state index is -0.114. The molecule has 2 N–H and O–H groups in total. The minimum absolute atomic E-state index is 0.114. The summed E-state index contributed by atoms with van der Waals surface area (Å²) in [6.45, 7) is 4.14. The Morgan fingerprint density at radius 1 is 0.944 bits per heavy atom. The van der Waals surface area contributed by atoms with Crippen LogP contribution < -0.4 is 5.73 Å². The molecule has 0 aliphatic rings. The molecule has 0 bridgehead atoms. The quantitative estimate of drug-likeness (QED) is 0.803. The molecule has 2 aromatic carbocycles. The first-order chi connectivity index (χ1) is 8.49. The number of rotatable bonds is 2. The Balaban J connectivity index is 2.42. The van der Waals surface area contributed by atoms with Gasteiger partial charge in [0, 0.05) is 8.95 Å². The lowest BCUT2D eigenvalue weighted by molar-refractivity contribution is 0.863. The average Bonchev–Trinajstić information content (AvgIpc) is 2.34. The normalized spacial score (nSPS) is 12.5. The van der Waals surface area contributed by atoms with Crippen molar-refractivity contribution in [3.63, 3.8) is 0 Å². The van der Waals surface area contributed by atoms with Crippen LogP contribution in [0.15, 0.2) is 45.3 Å². The summed E-state index contributed by atoms with van der Waals surface area (Å²) in [5, 5.41) is 0. The lowest BCUT2D eigenvalue weighted by Gasteiger charge is -2.16. The molecular formula is C15H15Br2N. The lowest BCUT2D eigenvalue weighted by atomic mass is 9.98. The highest BCUT2D eigenvalue weighted by atomic mass is 79.9. The molecule has 1 unspecified atom stereocenters. The Bertz CT molecular complexity index is 561. The molecule has 0 saturated carbocycles. The van der Waals surface area contributed by atoms with E-state index in [2.05, 4.69) is 82.1 Å². The largest absolute Gasteiger partial charge is 0.320 e. The van der Waals surface area contributed by atoms with Crippen LogP contribution in [0, 0.1) is 13.8 Å². The van der Waals surface area contributed by atoms with Crippen LogP contribution in [-0.2, 0) is 0 Å². The van der Waals surface area contributed by atoms with Crippen molar-refractivity contribution >= 4 is 31.9 Å². The van der Waals surface area contributed by atoms with Gasteiger partial charge >= 0.3 is 0 Å². The van der Waals surface area contributed by atoms with Crippen LogP contribution in [0.1, 0.15) is 28.3 Å². The summed E-state index contributed by atoms with van der Waals surface area (Å²) in [5.41, 5.74) is 11.0. The first-order valence-corrected chi connectivity index (χ1v) is 7.35. The molecule has 2 rings (SSSR count). The van der Waals surface area contributed by atoms with Crippen molar-refractivity contribution in [2.45, 2.75) is 19.9 Å². The molecule has 0 amide bonds. The summed E-state index contributed by atoms with van der Waals surface area (Å²) in [6.07, 6.45) is 0. The van der Waals surface area contributed by atoms with Crippen molar-refractivity contribution in [3.05, 3.63) is 67.6 Å². The van der Waals surface area contributed by atoms with Gasteiger partial charge in [0.05, 0.1) is 6.04 Å². The summed E-state index contributed by atoms with van der Waals surface area (Å²) in [5.74, 6) is 0. The summed E-state index contributed by atoms with van der Waals surface area (Å²) in [6, 6.07) is 12.4. The molecule has 2 aromatic rings. The van der Waals surface area contributed by atoms with Gasteiger partial charge in [-0.3, -0.25) is 0 Å². The fourth-order valence-corrected chi connectivity index (χ4v) is 2.92. The molecule has 0 spiro atoms. The maximum absolute atomic E-state index is 6.34. The van der Waals surface area contributed by atoms with E-state index in [-0.39, 0.29) is 6.04 Å². The van der Waals surface area contributed by atoms with E-state index in [1.54, 1.807) is 0 Å². The number of benzene rings is 2. The van der Waals surface area contributed by atoms with Crippen LogP contribution in [-0.4, -0.2) is 0 Å². The Hall–Kier alpha value is -0.640. The third kappa shape index (κ3) is 2.85. The molecule has 0 heterocycles. The molecule has 0 radical (unpaired) electrons. The number of nitrogens with two attached hydrogens (primary N) is 1. The van der Waals surface area contributed by atoms with Gasteiger partial charge in [0.2, 0.25) is 0 Å². The number of hydrogen-bond acceptors (Lipinski definition) is 1. The second kappa shape index (κ2) is 5.55. The van der Waals surface area contributed by atoms with Gasteiger partial charge in [-0.25, -0.2) is 0 Å². The zero-order chi connectivity index (χ0) is 13.3. The monoisotopic (exact) mass is 367 g/mol. The van der Waals surface area contributed by atoms with Gasteiger partial charge in [0.1, 0.15) is 0 Å². The van der Waals surface area contributed by atoms with Crippen molar-refractivity contribution in [3.8, 4) is 0 Å². The van der Waals surface area contributed by atoms with Gasteiger partial charge in [0.25, 0.3) is 0 Å². The SMILES string of the molecule is Cc1ccc(C(N)c2cc(Br)c(C)cc2Br)cc1. The third-order valence-electron chi connectivity index (χ3n) is 3.05. The van der Waals surface area contributed by atoms with Crippen LogP contribution in [0.4, 0.5) is 0 Å². The smallest absolute Gasteiger partial charge is 0.0563 e. The van der Waals surface area contributed by atoms with Crippen LogP contribution in [0.2, 0.25) is 0 Å². The highest BCUT2D eigenvalue weighted by Crippen LogP contribution is 2.31. The summed E-state index contributed by atoms with van der Waals surface area (Å²) in [7, 11) is 0. The highest BCUT2D eigenvalue weighted by Gasteiger charge is 2.13. The zero-order valence-electron chi connectivity index (χ0n) is 10.4. The maximum Gasteiger partial charge on any atom is 0.0563 e. The molecule has 0 aliphatic heterocycles. The van der Waals surface area contributed by atoms with Crippen LogP contribution in [0.3, 0.4) is 0 Å². The van der Waals surface area contributed by atoms with Crippen molar-refractivity contribution in [1.29, 1.82) is 0 Å². The Labute approximate surface area is 125 Å². The van der Waals surface area contributed by atoms with Crippen LogP contribution in [0.5, 0.6) is 0 Å². The van der Waals surface area contributed by atoms with Gasteiger partial charge < -0.3 is 5.73 Å². The van der Waals surface area contributed by atoms with Gasteiger partial charge in [-0.05, 0) is 42.7 Å². The fourth-order valence-electron chi connectivity index (χ4n) is 1.85. The van der Waals surface area contributed by atoms with E-state index in [1.165, 1.54) is 11.1 Å². The van der Waals surface area contributed by atoms with E-state index in [0.29, 0.717) is 0 Å². The van der Waals surface area contributed by atoms with E-state index >= 15 is 0 Å². The predicted octanol–water partition coefficient (Wildman–Crippen LogP) is 4.88. The first-order valence-electron chi connectivity index (χ1n) is 5.76. The molecule has 0 aliphatic carbocycles. The Kier molecular flexibility index (Phi) is 4.25. The molecule has 18 heavy (non-hydrogen) atoms. The molecule has 0 aromatic heterocycles. The number of aryl methyl sites for hydroxylation is 2. The maximum atomic E-state index is 6.34. The van der Waals surface area contributed by atoms with Gasteiger partial charge in [-0.15, -0.1) is 0 Å². The lowest BCUT2D eigenvalue weighted by Crippen LogP contribution is -2.12. The van der Waals surface area contributed by atoms with Crippen LogP contribution >= 0.6 is 31.9 Å². The molecule has 1 atom stereocenters. The second-order valence-electron chi connectivity index (χ2n) is 4.51.